The summed E-state index contributed by atoms with van der Waals surface area (Å²) in [7, 11) is 0. The number of nitrogens with zero attached hydrogens (tertiary/aromatic N) is 1. The lowest BCUT2D eigenvalue weighted by Crippen LogP contribution is -2.49. The Kier molecular flexibility index (Phi) is 5.33. The van der Waals surface area contributed by atoms with E-state index in [0.717, 1.165) is 11.1 Å². The van der Waals surface area contributed by atoms with Crippen LogP contribution >= 0.6 is 0 Å². The normalized spacial score (nSPS) is 20.3. The summed E-state index contributed by atoms with van der Waals surface area (Å²) in [6.45, 7) is 4.89. The predicted octanol–water partition coefficient (Wildman–Crippen LogP) is 1.28. The van der Waals surface area contributed by atoms with E-state index in [-0.39, 0.29) is 12.7 Å². The molecule has 116 valence electrons. The molecule has 0 aliphatic carbocycles. The van der Waals surface area contributed by atoms with Gasteiger partial charge in [-0.15, -0.1) is 0 Å². The lowest BCUT2D eigenvalue weighted by molar-refractivity contribution is -0.144. The molecule has 2 atom stereocenters. The molecule has 1 aromatic carbocycles. The van der Waals surface area contributed by atoms with E-state index in [0.29, 0.717) is 19.5 Å². The second-order valence-electron chi connectivity index (χ2n) is 5.79. The molecule has 0 radical (unpaired) electrons. The maximum Gasteiger partial charge on any atom is 0.321 e. The molecular formula is C16H23NO4. The van der Waals surface area contributed by atoms with E-state index in [1.54, 1.807) is 0 Å². The quantitative estimate of drug-likeness (QED) is 0.827. The zero-order chi connectivity index (χ0) is 15.4. The first-order valence-electron chi connectivity index (χ1n) is 7.30. The lowest BCUT2D eigenvalue weighted by Gasteiger charge is -2.35. The minimum atomic E-state index is -0.846. The average Bonchev–Trinajstić information content (AvgIpc) is 2.44. The fourth-order valence-corrected chi connectivity index (χ4v) is 2.64. The fourth-order valence-electron chi connectivity index (χ4n) is 2.64. The van der Waals surface area contributed by atoms with Crippen LogP contribution in [-0.4, -0.2) is 52.5 Å². The van der Waals surface area contributed by atoms with E-state index >= 15 is 0 Å². The third-order valence-corrected chi connectivity index (χ3v) is 3.70. The van der Waals surface area contributed by atoms with E-state index in [1.165, 1.54) is 0 Å². The zero-order valence-corrected chi connectivity index (χ0v) is 12.5. The number of aliphatic hydroxyl groups is 1. The standard InChI is InChI=1S/C16H23NO4/c1-11(2)21-10-14(18)9-17-8-13-6-4-3-5-12(13)7-15(17)16(19)20/h3-6,11,14-15,18H,7-10H2,1-2H3,(H,19,20)/t14?,15-/m0/s1. The maximum atomic E-state index is 11.5. The number of carbonyl (C=O) groups is 1. The molecule has 1 aromatic rings. The Morgan fingerprint density at radius 1 is 1.38 bits per heavy atom. The molecule has 1 aliphatic heterocycles. The van der Waals surface area contributed by atoms with E-state index in [2.05, 4.69) is 0 Å². The van der Waals surface area contributed by atoms with Gasteiger partial charge in [0.2, 0.25) is 0 Å². The maximum absolute atomic E-state index is 11.5. The molecule has 0 fully saturated rings. The topological polar surface area (TPSA) is 70.0 Å². The van der Waals surface area contributed by atoms with Crippen LogP contribution in [0.1, 0.15) is 25.0 Å². The fraction of sp³-hybridized carbons (Fsp3) is 0.562. The molecule has 1 heterocycles. The number of benzene rings is 1. The van der Waals surface area contributed by atoms with Gasteiger partial charge in [-0.3, -0.25) is 9.69 Å². The Morgan fingerprint density at radius 3 is 2.67 bits per heavy atom. The highest BCUT2D eigenvalue weighted by atomic mass is 16.5. The van der Waals surface area contributed by atoms with Gasteiger partial charge in [0.05, 0.1) is 18.8 Å². The number of rotatable bonds is 6. The molecule has 1 unspecified atom stereocenters. The van der Waals surface area contributed by atoms with Gasteiger partial charge in [0.1, 0.15) is 6.04 Å². The summed E-state index contributed by atoms with van der Waals surface area (Å²) in [5, 5.41) is 19.4. The Morgan fingerprint density at radius 2 is 2.05 bits per heavy atom. The van der Waals surface area contributed by atoms with Gasteiger partial charge in [-0.25, -0.2) is 0 Å². The summed E-state index contributed by atoms with van der Waals surface area (Å²) in [6.07, 6.45) is -0.153. The molecule has 0 bridgehead atoms. The van der Waals surface area contributed by atoms with Crippen LogP contribution in [0.3, 0.4) is 0 Å². The third-order valence-electron chi connectivity index (χ3n) is 3.70. The Balaban J connectivity index is 2.04. The number of carboxylic acids is 1. The average molecular weight is 293 g/mol. The number of carboxylic acid groups (broad SMARTS) is 1. The van der Waals surface area contributed by atoms with Gasteiger partial charge in [-0.05, 0) is 31.4 Å². The van der Waals surface area contributed by atoms with Crippen LogP contribution < -0.4 is 0 Å². The second-order valence-corrected chi connectivity index (χ2v) is 5.79. The summed E-state index contributed by atoms with van der Waals surface area (Å²) in [5.41, 5.74) is 2.21. The first-order chi connectivity index (χ1) is 9.97. The smallest absolute Gasteiger partial charge is 0.321 e. The molecule has 0 saturated carbocycles. The number of β-amino-alcohol motifs (C(OH)–C–C–N with tert-alkyl or cyclic N) is 1. The molecule has 21 heavy (non-hydrogen) atoms. The minimum Gasteiger partial charge on any atom is -0.480 e. The SMILES string of the molecule is CC(C)OCC(O)CN1Cc2ccccc2C[C@H]1C(=O)O. The van der Waals surface area contributed by atoms with Gasteiger partial charge in [0, 0.05) is 13.1 Å². The second kappa shape index (κ2) is 7.02. The van der Waals surface area contributed by atoms with Crippen molar-refractivity contribution < 1.29 is 19.7 Å². The van der Waals surface area contributed by atoms with Crippen molar-refractivity contribution in [3.63, 3.8) is 0 Å². The molecule has 5 nitrogen and oxygen atoms in total. The molecule has 0 aromatic heterocycles. The van der Waals surface area contributed by atoms with Crippen LogP contribution in [0.15, 0.2) is 24.3 Å². The highest BCUT2D eigenvalue weighted by Crippen LogP contribution is 2.23. The number of aliphatic carboxylic acids is 1. The third kappa shape index (κ3) is 4.27. The van der Waals surface area contributed by atoms with Crippen molar-refractivity contribution in [3.8, 4) is 0 Å². The molecule has 0 amide bonds. The summed E-state index contributed by atoms with van der Waals surface area (Å²) in [6, 6.07) is 7.28. The van der Waals surface area contributed by atoms with Gasteiger partial charge in [-0.2, -0.15) is 0 Å². The molecule has 2 rings (SSSR count). The van der Waals surface area contributed by atoms with Crippen LogP contribution in [0.5, 0.6) is 0 Å². The first kappa shape index (κ1) is 15.9. The predicted molar refractivity (Wildman–Crippen MR) is 79.1 cm³/mol. The van der Waals surface area contributed by atoms with Crippen molar-refractivity contribution in [3.05, 3.63) is 35.4 Å². The molecule has 0 spiro atoms. The highest BCUT2D eigenvalue weighted by molar-refractivity contribution is 5.74. The van der Waals surface area contributed by atoms with Crippen LogP contribution in [0.2, 0.25) is 0 Å². The first-order valence-corrected chi connectivity index (χ1v) is 7.30. The summed E-state index contributed by atoms with van der Waals surface area (Å²) >= 11 is 0. The van der Waals surface area contributed by atoms with Gasteiger partial charge in [-0.1, -0.05) is 24.3 Å². The lowest BCUT2D eigenvalue weighted by atomic mass is 9.94. The van der Waals surface area contributed by atoms with Crippen molar-refractivity contribution in [2.24, 2.45) is 0 Å². The molecular weight excluding hydrogens is 270 g/mol. The Hall–Kier alpha value is -1.43. The Bertz CT molecular complexity index is 489. The van der Waals surface area contributed by atoms with Crippen LogP contribution in [0.4, 0.5) is 0 Å². The number of aliphatic hydroxyl groups excluding tert-OH is 1. The van der Waals surface area contributed by atoms with Gasteiger partial charge >= 0.3 is 5.97 Å². The monoisotopic (exact) mass is 293 g/mol. The van der Waals surface area contributed by atoms with Crippen molar-refractivity contribution in [2.75, 3.05) is 13.2 Å². The zero-order valence-electron chi connectivity index (χ0n) is 12.5. The summed E-state index contributed by atoms with van der Waals surface area (Å²) < 4.78 is 5.39. The van der Waals surface area contributed by atoms with Crippen LogP contribution in [-0.2, 0) is 22.5 Å². The van der Waals surface area contributed by atoms with E-state index in [9.17, 15) is 15.0 Å². The van der Waals surface area contributed by atoms with Crippen molar-refractivity contribution in [1.29, 1.82) is 0 Å². The molecule has 0 saturated heterocycles. The van der Waals surface area contributed by atoms with Gasteiger partial charge in [0.15, 0.2) is 0 Å². The molecule has 1 aliphatic rings. The minimum absolute atomic E-state index is 0.0528. The van der Waals surface area contributed by atoms with Crippen molar-refractivity contribution in [1.82, 2.24) is 4.90 Å². The van der Waals surface area contributed by atoms with Crippen molar-refractivity contribution >= 4 is 5.97 Å². The van der Waals surface area contributed by atoms with Crippen LogP contribution in [0, 0.1) is 0 Å². The number of hydrogen-bond donors (Lipinski definition) is 2. The van der Waals surface area contributed by atoms with E-state index in [4.69, 9.17) is 4.74 Å². The Labute approximate surface area is 125 Å². The molecule has 5 heteroatoms. The molecule has 2 N–H and O–H groups in total. The number of ether oxygens (including phenoxy) is 1. The number of fused-ring (bicyclic) bond motifs is 1. The van der Waals surface area contributed by atoms with Crippen LogP contribution in [0.25, 0.3) is 0 Å². The summed E-state index contributed by atoms with van der Waals surface area (Å²) in [4.78, 5) is 13.3. The van der Waals surface area contributed by atoms with E-state index < -0.39 is 18.1 Å². The van der Waals surface area contributed by atoms with Gasteiger partial charge in [0.25, 0.3) is 0 Å². The highest BCUT2D eigenvalue weighted by Gasteiger charge is 2.32. The van der Waals surface area contributed by atoms with E-state index in [1.807, 2.05) is 43.0 Å². The largest absolute Gasteiger partial charge is 0.480 e. The summed E-state index contributed by atoms with van der Waals surface area (Å²) in [5.74, 6) is -0.846. The van der Waals surface area contributed by atoms with Gasteiger partial charge < -0.3 is 14.9 Å². The van der Waals surface area contributed by atoms with Crippen molar-refractivity contribution in [2.45, 2.75) is 45.1 Å². The number of hydrogen-bond acceptors (Lipinski definition) is 4.